The monoisotopic (exact) mass is 386 g/mol. The zero-order valence-electron chi connectivity index (χ0n) is 11.1. The molecule has 0 aliphatic heterocycles. The Bertz CT molecular complexity index is 593. The van der Waals surface area contributed by atoms with Gasteiger partial charge in [-0.15, -0.1) is 0 Å². The first-order valence-corrected chi connectivity index (χ1v) is 7.68. The summed E-state index contributed by atoms with van der Waals surface area (Å²) in [5.74, 6) is 0. The van der Waals surface area contributed by atoms with Crippen molar-refractivity contribution < 1.29 is 5.11 Å². The van der Waals surface area contributed by atoms with Crippen LogP contribution in [0.25, 0.3) is 0 Å². The van der Waals surface area contributed by atoms with Crippen molar-refractivity contribution in [2.45, 2.75) is 32.9 Å². The van der Waals surface area contributed by atoms with Crippen molar-refractivity contribution >= 4 is 31.9 Å². The first-order chi connectivity index (χ1) is 8.93. The summed E-state index contributed by atoms with van der Waals surface area (Å²) in [7, 11) is 0. The molecule has 2 rings (SSSR count). The third-order valence-electron chi connectivity index (χ3n) is 3.14. The van der Waals surface area contributed by atoms with Crippen LogP contribution >= 0.6 is 31.9 Å². The maximum atomic E-state index is 10.7. The standard InChI is InChI=1S/C14H16Br2N2O/c1-8(2)18-13(12(16)7-17-18)14(19)10-5-4-6-11(15)9(10)3/h4-8,14,19H,1-3H3. The first-order valence-electron chi connectivity index (χ1n) is 6.09. The molecule has 3 nitrogen and oxygen atoms in total. The predicted molar refractivity (Wildman–Crippen MR) is 83.3 cm³/mol. The summed E-state index contributed by atoms with van der Waals surface area (Å²) in [4.78, 5) is 0. The van der Waals surface area contributed by atoms with E-state index in [1.807, 2.05) is 43.7 Å². The van der Waals surface area contributed by atoms with Gasteiger partial charge in [0.15, 0.2) is 0 Å². The van der Waals surface area contributed by atoms with E-state index >= 15 is 0 Å². The van der Waals surface area contributed by atoms with Crippen molar-refractivity contribution in [2.24, 2.45) is 0 Å². The van der Waals surface area contributed by atoms with Crippen molar-refractivity contribution in [3.05, 3.63) is 50.2 Å². The van der Waals surface area contributed by atoms with Gasteiger partial charge in [-0.25, -0.2) is 0 Å². The van der Waals surface area contributed by atoms with E-state index in [-0.39, 0.29) is 6.04 Å². The molecular formula is C14H16Br2N2O. The van der Waals surface area contributed by atoms with Crippen molar-refractivity contribution in [3.8, 4) is 0 Å². The van der Waals surface area contributed by atoms with Crippen LogP contribution in [-0.2, 0) is 0 Å². The summed E-state index contributed by atoms with van der Waals surface area (Å²) in [5, 5.41) is 15.0. The molecule has 0 bridgehead atoms. The summed E-state index contributed by atoms with van der Waals surface area (Å²) in [6, 6.07) is 6.04. The lowest BCUT2D eigenvalue weighted by atomic mass is 10.0. The van der Waals surface area contributed by atoms with Gasteiger partial charge in [-0.05, 0) is 53.9 Å². The lowest BCUT2D eigenvalue weighted by molar-refractivity contribution is 0.203. The minimum absolute atomic E-state index is 0.198. The molecule has 1 unspecified atom stereocenters. The molecular weight excluding hydrogens is 372 g/mol. The molecule has 1 aromatic heterocycles. The van der Waals surface area contributed by atoms with Crippen LogP contribution in [0.4, 0.5) is 0 Å². The molecule has 1 atom stereocenters. The highest BCUT2D eigenvalue weighted by molar-refractivity contribution is 9.10. The highest BCUT2D eigenvalue weighted by Gasteiger charge is 2.22. The molecule has 0 aliphatic rings. The van der Waals surface area contributed by atoms with E-state index in [9.17, 15) is 5.11 Å². The van der Waals surface area contributed by atoms with Crippen LogP contribution in [0.5, 0.6) is 0 Å². The molecule has 0 aliphatic carbocycles. The van der Waals surface area contributed by atoms with Crippen LogP contribution in [0.2, 0.25) is 0 Å². The van der Waals surface area contributed by atoms with Crippen LogP contribution in [0, 0.1) is 6.92 Å². The zero-order valence-corrected chi connectivity index (χ0v) is 14.2. The number of aromatic nitrogens is 2. The summed E-state index contributed by atoms with van der Waals surface area (Å²) in [5.41, 5.74) is 2.71. The van der Waals surface area contributed by atoms with Gasteiger partial charge in [0, 0.05) is 10.5 Å². The average molecular weight is 388 g/mol. The molecule has 0 saturated carbocycles. The van der Waals surface area contributed by atoms with E-state index < -0.39 is 6.10 Å². The van der Waals surface area contributed by atoms with Crippen LogP contribution in [0.3, 0.4) is 0 Å². The van der Waals surface area contributed by atoms with E-state index in [1.54, 1.807) is 6.20 Å². The Labute approximate surface area is 129 Å². The Balaban J connectivity index is 2.53. The van der Waals surface area contributed by atoms with Crippen LogP contribution < -0.4 is 0 Å². The number of hydrogen-bond acceptors (Lipinski definition) is 2. The summed E-state index contributed by atoms with van der Waals surface area (Å²) in [6.45, 7) is 6.08. The molecule has 0 spiro atoms. The molecule has 5 heteroatoms. The maximum Gasteiger partial charge on any atom is 0.122 e. The molecule has 2 aromatic rings. The lowest BCUT2D eigenvalue weighted by Gasteiger charge is -2.19. The topological polar surface area (TPSA) is 38.1 Å². The molecule has 102 valence electrons. The smallest absolute Gasteiger partial charge is 0.122 e. The van der Waals surface area contributed by atoms with Gasteiger partial charge in [-0.1, -0.05) is 28.1 Å². The Hall–Kier alpha value is -0.650. The van der Waals surface area contributed by atoms with Gasteiger partial charge in [0.1, 0.15) is 6.10 Å². The average Bonchev–Trinajstić information content (AvgIpc) is 2.74. The second-order valence-electron chi connectivity index (χ2n) is 4.77. The van der Waals surface area contributed by atoms with Crippen molar-refractivity contribution in [1.82, 2.24) is 9.78 Å². The maximum absolute atomic E-state index is 10.7. The Morgan fingerprint density at radius 3 is 2.53 bits per heavy atom. The highest BCUT2D eigenvalue weighted by Crippen LogP contribution is 2.33. The third kappa shape index (κ3) is 2.78. The summed E-state index contributed by atoms with van der Waals surface area (Å²) < 4.78 is 3.67. The van der Waals surface area contributed by atoms with Gasteiger partial charge in [-0.2, -0.15) is 5.10 Å². The first kappa shape index (κ1) is 14.8. The van der Waals surface area contributed by atoms with Gasteiger partial charge in [0.2, 0.25) is 0 Å². The Kier molecular flexibility index (Phi) is 4.48. The van der Waals surface area contributed by atoms with Gasteiger partial charge in [-0.3, -0.25) is 4.68 Å². The minimum Gasteiger partial charge on any atom is -0.382 e. The Morgan fingerprint density at radius 1 is 1.21 bits per heavy atom. The highest BCUT2D eigenvalue weighted by atomic mass is 79.9. The van der Waals surface area contributed by atoms with Gasteiger partial charge < -0.3 is 5.11 Å². The number of rotatable bonds is 3. The van der Waals surface area contributed by atoms with Crippen LogP contribution in [-0.4, -0.2) is 14.9 Å². The third-order valence-corrected chi connectivity index (χ3v) is 4.61. The second kappa shape index (κ2) is 5.77. The zero-order chi connectivity index (χ0) is 14.2. The number of hydrogen-bond donors (Lipinski definition) is 1. The minimum atomic E-state index is -0.697. The van der Waals surface area contributed by atoms with Gasteiger partial charge in [0.05, 0.1) is 16.4 Å². The molecule has 0 saturated heterocycles. The van der Waals surface area contributed by atoms with Gasteiger partial charge >= 0.3 is 0 Å². The molecule has 0 radical (unpaired) electrons. The van der Waals surface area contributed by atoms with E-state index in [1.165, 1.54) is 0 Å². The molecule has 1 N–H and O–H groups in total. The number of benzene rings is 1. The molecule has 0 fully saturated rings. The number of aliphatic hydroxyl groups is 1. The van der Waals surface area contributed by atoms with E-state index in [0.29, 0.717) is 0 Å². The molecule has 19 heavy (non-hydrogen) atoms. The van der Waals surface area contributed by atoms with Crippen molar-refractivity contribution in [2.75, 3.05) is 0 Å². The fourth-order valence-electron chi connectivity index (χ4n) is 2.09. The van der Waals surface area contributed by atoms with E-state index in [4.69, 9.17) is 0 Å². The van der Waals surface area contributed by atoms with Gasteiger partial charge in [0.25, 0.3) is 0 Å². The SMILES string of the molecule is Cc1c(Br)cccc1C(O)c1c(Br)cnn1C(C)C. The predicted octanol–water partition coefficient (Wildman–Crippen LogP) is 4.38. The number of nitrogens with zero attached hydrogens (tertiary/aromatic N) is 2. The van der Waals surface area contributed by atoms with E-state index in [2.05, 4.69) is 37.0 Å². The largest absolute Gasteiger partial charge is 0.382 e. The Morgan fingerprint density at radius 2 is 1.89 bits per heavy atom. The van der Waals surface area contributed by atoms with Crippen molar-refractivity contribution in [3.63, 3.8) is 0 Å². The lowest BCUT2D eigenvalue weighted by Crippen LogP contribution is -2.13. The van der Waals surface area contributed by atoms with Crippen LogP contribution in [0.1, 0.15) is 42.8 Å². The van der Waals surface area contributed by atoms with Crippen LogP contribution in [0.15, 0.2) is 33.3 Å². The second-order valence-corrected chi connectivity index (χ2v) is 6.48. The summed E-state index contributed by atoms with van der Waals surface area (Å²) in [6.07, 6.45) is 1.03. The summed E-state index contributed by atoms with van der Waals surface area (Å²) >= 11 is 6.97. The van der Waals surface area contributed by atoms with E-state index in [0.717, 1.165) is 25.8 Å². The molecule has 0 amide bonds. The van der Waals surface area contributed by atoms with Crippen molar-refractivity contribution in [1.29, 1.82) is 0 Å². The number of aliphatic hydroxyl groups excluding tert-OH is 1. The normalized spacial score (nSPS) is 13.0. The quantitative estimate of drug-likeness (QED) is 0.848. The molecule has 1 heterocycles. The fraction of sp³-hybridized carbons (Fsp3) is 0.357. The molecule has 1 aromatic carbocycles. The fourth-order valence-corrected chi connectivity index (χ4v) is 2.96. The number of halogens is 2.